The zero-order valence-corrected chi connectivity index (χ0v) is 6.62. The van der Waals surface area contributed by atoms with Crippen LogP contribution in [-0.4, -0.2) is 16.8 Å². The average molecular weight is 151 g/mol. The normalized spacial score (nSPS) is 36.0. The van der Waals surface area contributed by atoms with E-state index in [4.69, 9.17) is 0 Å². The average Bonchev–Trinajstić information content (AvgIpc) is 2.25. The van der Waals surface area contributed by atoms with Crippen LogP contribution in [0.25, 0.3) is 0 Å². The molecule has 2 fully saturated rings. The maximum absolute atomic E-state index is 11.5. The summed E-state index contributed by atoms with van der Waals surface area (Å²) in [5, 5.41) is 0. The van der Waals surface area contributed by atoms with Gasteiger partial charge in [0.2, 0.25) is 5.91 Å². The molecule has 2 atom stereocenters. The molecule has 2 unspecified atom stereocenters. The summed E-state index contributed by atoms with van der Waals surface area (Å²) in [7, 11) is 0. The summed E-state index contributed by atoms with van der Waals surface area (Å²) in [6, 6.07) is 0.485. The zero-order chi connectivity index (χ0) is 7.84. The highest BCUT2D eigenvalue weighted by molar-refractivity contribution is 5.82. The van der Waals surface area contributed by atoms with Crippen LogP contribution in [-0.2, 0) is 4.79 Å². The van der Waals surface area contributed by atoms with Crippen molar-refractivity contribution in [3.05, 3.63) is 12.8 Å². The summed E-state index contributed by atoms with van der Waals surface area (Å²) in [6.45, 7) is 3.66. The van der Waals surface area contributed by atoms with Crippen LogP contribution in [0.15, 0.2) is 12.8 Å². The van der Waals surface area contributed by atoms with Gasteiger partial charge < -0.3 is 4.90 Å². The summed E-state index contributed by atoms with van der Waals surface area (Å²) >= 11 is 0. The molecule has 2 nitrogen and oxygen atoms in total. The Labute approximate surface area is 66.9 Å². The van der Waals surface area contributed by atoms with E-state index in [2.05, 4.69) is 6.58 Å². The second-order valence-electron chi connectivity index (χ2n) is 3.45. The molecular weight excluding hydrogens is 138 g/mol. The molecule has 1 saturated carbocycles. The van der Waals surface area contributed by atoms with Gasteiger partial charge in [-0.2, -0.15) is 0 Å². The summed E-state index contributed by atoms with van der Waals surface area (Å²) in [6.07, 6.45) is 6.25. The van der Waals surface area contributed by atoms with E-state index in [9.17, 15) is 4.79 Å². The molecule has 1 heterocycles. The molecule has 1 amide bonds. The summed E-state index contributed by atoms with van der Waals surface area (Å²) < 4.78 is 0. The van der Waals surface area contributed by atoms with Crippen LogP contribution in [0.4, 0.5) is 0 Å². The highest BCUT2D eigenvalue weighted by atomic mass is 16.2. The van der Waals surface area contributed by atoms with Gasteiger partial charge in [-0.05, 0) is 25.5 Å². The quantitative estimate of drug-likeness (QED) is 0.556. The van der Waals surface area contributed by atoms with Crippen LogP contribution < -0.4 is 0 Å². The third-order valence-electron chi connectivity index (χ3n) is 2.84. The standard InChI is InChI=1S/C9H13NO/c1-2-10-8-5-3-4-7(6-8)9(10)11/h2,7-8H,1,3-6H2. The lowest BCUT2D eigenvalue weighted by Crippen LogP contribution is -2.26. The van der Waals surface area contributed by atoms with Crippen molar-refractivity contribution in [2.45, 2.75) is 31.7 Å². The predicted octanol–water partition coefficient (Wildman–Crippen LogP) is 1.53. The Morgan fingerprint density at radius 3 is 3.00 bits per heavy atom. The molecule has 2 bridgehead atoms. The SMILES string of the molecule is C=CN1C(=O)C2CCCC1C2. The lowest BCUT2D eigenvalue weighted by molar-refractivity contribution is -0.129. The van der Waals surface area contributed by atoms with E-state index in [-0.39, 0.29) is 0 Å². The number of amides is 1. The Hall–Kier alpha value is -0.790. The molecule has 0 aromatic heterocycles. The van der Waals surface area contributed by atoms with Crippen molar-refractivity contribution >= 4 is 5.91 Å². The van der Waals surface area contributed by atoms with E-state index in [1.165, 1.54) is 12.8 Å². The van der Waals surface area contributed by atoms with Gasteiger partial charge in [0.1, 0.15) is 0 Å². The van der Waals surface area contributed by atoms with Gasteiger partial charge in [0, 0.05) is 12.0 Å². The van der Waals surface area contributed by atoms with Gasteiger partial charge in [0.25, 0.3) is 0 Å². The predicted molar refractivity (Wildman–Crippen MR) is 42.8 cm³/mol. The lowest BCUT2D eigenvalue weighted by atomic mass is 9.90. The molecule has 0 aromatic rings. The number of rotatable bonds is 1. The molecule has 60 valence electrons. The largest absolute Gasteiger partial charge is 0.316 e. The third kappa shape index (κ3) is 0.889. The number of hydrogen-bond acceptors (Lipinski definition) is 1. The van der Waals surface area contributed by atoms with Crippen molar-refractivity contribution in [2.75, 3.05) is 0 Å². The summed E-state index contributed by atoms with van der Waals surface area (Å²) in [4.78, 5) is 13.3. The van der Waals surface area contributed by atoms with E-state index in [0.29, 0.717) is 17.9 Å². The van der Waals surface area contributed by atoms with E-state index in [1.807, 2.05) is 4.90 Å². The van der Waals surface area contributed by atoms with Crippen LogP contribution >= 0.6 is 0 Å². The van der Waals surface area contributed by atoms with Crippen molar-refractivity contribution in [1.82, 2.24) is 4.90 Å². The Balaban J connectivity index is 2.23. The van der Waals surface area contributed by atoms with Crippen molar-refractivity contribution in [1.29, 1.82) is 0 Å². The molecule has 1 aliphatic carbocycles. The lowest BCUT2D eigenvalue weighted by Gasteiger charge is -2.20. The molecular formula is C9H13NO. The van der Waals surface area contributed by atoms with Crippen molar-refractivity contribution in [2.24, 2.45) is 5.92 Å². The maximum Gasteiger partial charge on any atom is 0.229 e. The molecule has 1 saturated heterocycles. The van der Waals surface area contributed by atoms with Gasteiger partial charge in [-0.15, -0.1) is 0 Å². The van der Waals surface area contributed by atoms with Gasteiger partial charge in [-0.1, -0.05) is 13.0 Å². The Morgan fingerprint density at radius 2 is 2.36 bits per heavy atom. The smallest absolute Gasteiger partial charge is 0.229 e. The first-order chi connectivity index (χ1) is 5.33. The van der Waals surface area contributed by atoms with Crippen molar-refractivity contribution < 1.29 is 4.79 Å². The number of fused-ring (bicyclic) bond motifs is 2. The van der Waals surface area contributed by atoms with E-state index in [0.717, 1.165) is 12.8 Å². The summed E-state index contributed by atoms with van der Waals surface area (Å²) in [5.41, 5.74) is 0. The van der Waals surface area contributed by atoms with Crippen LogP contribution in [0.1, 0.15) is 25.7 Å². The summed E-state index contributed by atoms with van der Waals surface area (Å²) in [5.74, 6) is 0.634. The van der Waals surface area contributed by atoms with E-state index < -0.39 is 0 Å². The Morgan fingerprint density at radius 1 is 1.55 bits per heavy atom. The first-order valence-corrected chi connectivity index (χ1v) is 4.27. The fourth-order valence-electron chi connectivity index (χ4n) is 2.27. The molecule has 0 aromatic carbocycles. The minimum atomic E-state index is 0.308. The van der Waals surface area contributed by atoms with Gasteiger partial charge in [-0.3, -0.25) is 4.79 Å². The van der Waals surface area contributed by atoms with Crippen LogP contribution in [0.2, 0.25) is 0 Å². The second kappa shape index (κ2) is 2.36. The number of nitrogens with zero attached hydrogens (tertiary/aromatic N) is 1. The second-order valence-corrected chi connectivity index (χ2v) is 3.45. The number of carbonyl (C=O) groups excluding carboxylic acids is 1. The van der Waals surface area contributed by atoms with E-state index in [1.54, 1.807) is 6.20 Å². The molecule has 0 radical (unpaired) electrons. The highest BCUT2D eigenvalue weighted by Gasteiger charge is 2.40. The Kier molecular flexibility index (Phi) is 1.48. The van der Waals surface area contributed by atoms with Crippen LogP contribution in [0.5, 0.6) is 0 Å². The molecule has 0 spiro atoms. The molecule has 1 aliphatic heterocycles. The fraction of sp³-hybridized carbons (Fsp3) is 0.667. The van der Waals surface area contributed by atoms with Crippen molar-refractivity contribution in [3.63, 3.8) is 0 Å². The van der Waals surface area contributed by atoms with Crippen LogP contribution in [0, 0.1) is 5.92 Å². The minimum Gasteiger partial charge on any atom is -0.316 e. The monoisotopic (exact) mass is 151 g/mol. The molecule has 0 N–H and O–H groups in total. The molecule has 2 heteroatoms. The van der Waals surface area contributed by atoms with Gasteiger partial charge >= 0.3 is 0 Å². The zero-order valence-electron chi connectivity index (χ0n) is 6.62. The molecule has 2 aliphatic rings. The number of likely N-dealkylation sites (tertiary alicyclic amines) is 1. The van der Waals surface area contributed by atoms with Crippen LogP contribution in [0.3, 0.4) is 0 Å². The van der Waals surface area contributed by atoms with Gasteiger partial charge in [0.05, 0.1) is 0 Å². The third-order valence-corrected chi connectivity index (χ3v) is 2.84. The topological polar surface area (TPSA) is 20.3 Å². The van der Waals surface area contributed by atoms with E-state index >= 15 is 0 Å². The van der Waals surface area contributed by atoms with Crippen molar-refractivity contribution in [3.8, 4) is 0 Å². The van der Waals surface area contributed by atoms with Gasteiger partial charge in [-0.25, -0.2) is 0 Å². The first-order valence-electron chi connectivity index (χ1n) is 4.27. The highest BCUT2D eigenvalue weighted by Crippen LogP contribution is 2.36. The molecule has 2 rings (SSSR count). The minimum absolute atomic E-state index is 0.308. The Bertz CT molecular complexity index is 200. The van der Waals surface area contributed by atoms with Gasteiger partial charge in [0.15, 0.2) is 0 Å². The molecule has 11 heavy (non-hydrogen) atoms. The number of carbonyl (C=O) groups is 1. The fourth-order valence-corrected chi connectivity index (χ4v) is 2.27. The first kappa shape index (κ1) is 6.89. The number of hydrogen-bond donors (Lipinski definition) is 0. The maximum atomic E-state index is 11.5.